The zero-order valence-corrected chi connectivity index (χ0v) is 20.9. The maximum atomic E-state index is 13.3. The second kappa shape index (κ2) is 9.98. The molecule has 8 heteroatoms. The molecule has 1 heterocycles. The number of carbonyl (C=O) groups is 3. The molecule has 0 aromatic carbocycles. The van der Waals surface area contributed by atoms with Crippen LogP contribution in [0.5, 0.6) is 0 Å². The molecular formula is C26H36N2O6. The van der Waals surface area contributed by atoms with Crippen LogP contribution in [0, 0.1) is 0 Å². The van der Waals surface area contributed by atoms with Crippen LogP contribution in [-0.2, 0) is 23.8 Å². The van der Waals surface area contributed by atoms with E-state index in [0.717, 1.165) is 0 Å². The normalized spacial score (nSPS) is 26.2. The molecule has 1 fully saturated rings. The van der Waals surface area contributed by atoms with E-state index < -0.39 is 22.9 Å². The molecular weight excluding hydrogens is 436 g/mol. The lowest BCUT2D eigenvalue weighted by molar-refractivity contribution is -0.111. The summed E-state index contributed by atoms with van der Waals surface area (Å²) in [6.45, 7) is 6.53. The third-order valence-corrected chi connectivity index (χ3v) is 6.59. The molecule has 0 aromatic rings. The number of ether oxygens (including phenoxy) is 3. The van der Waals surface area contributed by atoms with Gasteiger partial charge in [-0.3, -0.25) is 14.5 Å². The summed E-state index contributed by atoms with van der Waals surface area (Å²) >= 11 is 0. The van der Waals surface area contributed by atoms with Gasteiger partial charge in [-0.25, -0.2) is 4.79 Å². The van der Waals surface area contributed by atoms with Crippen molar-refractivity contribution in [2.75, 3.05) is 34.4 Å². The molecule has 0 aromatic heterocycles. The molecule has 1 aliphatic heterocycles. The predicted molar refractivity (Wildman–Crippen MR) is 128 cm³/mol. The molecule has 2 aliphatic carbocycles. The molecule has 2 atom stereocenters. The largest absolute Gasteiger partial charge is 0.444 e. The van der Waals surface area contributed by atoms with Crippen LogP contribution >= 0.6 is 0 Å². The van der Waals surface area contributed by atoms with E-state index in [-0.39, 0.29) is 23.7 Å². The zero-order chi connectivity index (χ0) is 25.1. The fourth-order valence-corrected chi connectivity index (χ4v) is 4.60. The van der Waals surface area contributed by atoms with Gasteiger partial charge in [0.25, 0.3) is 0 Å². The fraction of sp³-hybridized carbons (Fsp3) is 0.577. The van der Waals surface area contributed by atoms with E-state index in [9.17, 15) is 14.4 Å². The first-order valence-corrected chi connectivity index (χ1v) is 11.5. The minimum atomic E-state index is -0.782. The Morgan fingerprint density at radius 2 is 1.32 bits per heavy atom. The number of hydrogen-bond donors (Lipinski definition) is 0. The summed E-state index contributed by atoms with van der Waals surface area (Å²) < 4.78 is 17.3. The summed E-state index contributed by atoms with van der Waals surface area (Å²) in [5.41, 5.74) is -2.14. The molecule has 8 nitrogen and oxygen atoms in total. The van der Waals surface area contributed by atoms with Gasteiger partial charge >= 0.3 is 6.09 Å². The van der Waals surface area contributed by atoms with E-state index in [4.69, 9.17) is 14.2 Å². The Morgan fingerprint density at radius 1 is 0.882 bits per heavy atom. The van der Waals surface area contributed by atoms with Gasteiger partial charge in [-0.15, -0.1) is 0 Å². The van der Waals surface area contributed by atoms with Crippen LogP contribution in [0.15, 0.2) is 48.6 Å². The van der Waals surface area contributed by atoms with Gasteiger partial charge in [0.1, 0.15) is 16.8 Å². The monoisotopic (exact) mass is 472 g/mol. The number of rotatable bonds is 6. The van der Waals surface area contributed by atoms with Crippen LogP contribution in [0.3, 0.4) is 0 Å². The number of ketones is 2. The van der Waals surface area contributed by atoms with Crippen LogP contribution in [0.25, 0.3) is 0 Å². The molecule has 0 N–H and O–H groups in total. The minimum absolute atomic E-state index is 0.0382. The number of methoxy groups -OCH3 is 2. The van der Waals surface area contributed by atoms with Crippen molar-refractivity contribution in [3.8, 4) is 0 Å². The highest BCUT2D eigenvalue weighted by Crippen LogP contribution is 2.33. The Balaban J connectivity index is 1.85. The summed E-state index contributed by atoms with van der Waals surface area (Å²) in [5, 5.41) is 0. The Morgan fingerprint density at radius 3 is 1.74 bits per heavy atom. The zero-order valence-electron chi connectivity index (χ0n) is 20.9. The van der Waals surface area contributed by atoms with Crippen molar-refractivity contribution in [2.24, 2.45) is 0 Å². The quantitative estimate of drug-likeness (QED) is 0.588. The molecule has 0 spiro atoms. The maximum absolute atomic E-state index is 13.3. The van der Waals surface area contributed by atoms with Gasteiger partial charge in [-0.2, -0.15) is 0 Å². The number of amides is 1. The molecule has 3 rings (SSSR count). The Kier molecular flexibility index (Phi) is 7.65. The van der Waals surface area contributed by atoms with Crippen molar-refractivity contribution < 1.29 is 28.6 Å². The van der Waals surface area contributed by atoms with E-state index >= 15 is 0 Å². The number of allylic oxidation sites excluding steroid dienone is 4. The van der Waals surface area contributed by atoms with Crippen LogP contribution in [0.4, 0.5) is 4.79 Å². The standard InChI is InChI=1S/C26H36N2O6/c1-24(2,3)34-23(31)28-18-19(15-25(32-5)11-7-21(29)8-12-25)27(4)17-20(28)16-26(33-6)13-9-22(30)10-14-26/h7-14,19-20H,15-18H2,1-6H3/t19-,20-/m0/s1. The van der Waals surface area contributed by atoms with Gasteiger partial charge in [0, 0.05) is 46.2 Å². The molecule has 0 radical (unpaired) electrons. The van der Waals surface area contributed by atoms with Crippen molar-refractivity contribution in [1.82, 2.24) is 9.80 Å². The van der Waals surface area contributed by atoms with Gasteiger partial charge in [0.05, 0.1) is 6.04 Å². The molecule has 1 saturated heterocycles. The van der Waals surface area contributed by atoms with E-state index in [2.05, 4.69) is 4.90 Å². The summed E-state index contributed by atoms with van der Waals surface area (Å²) in [4.78, 5) is 40.6. The summed E-state index contributed by atoms with van der Waals surface area (Å²) in [6, 6.07) is -0.250. The first-order valence-electron chi connectivity index (χ1n) is 11.5. The summed E-state index contributed by atoms with van der Waals surface area (Å²) in [6.07, 6.45) is 13.8. The predicted octanol–water partition coefficient (Wildman–Crippen LogP) is 2.85. The van der Waals surface area contributed by atoms with E-state index in [1.54, 1.807) is 43.4 Å². The molecule has 1 amide bonds. The van der Waals surface area contributed by atoms with E-state index in [0.29, 0.717) is 25.9 Å². The number of hydrogen-bond acceptors (Lipinski definition) is 7. The Labute approximate surface area is 201 Å². The van der Waals surface area contributed by atoms with Crippen molar-refractivity contribution in [1.29, 1.82) is 0 Å². The lowest BCUT2D eigenvalue weighted by Gasteiger charge is -2.48. The number of carbonyl (C=O) groups excluding carboxylic acids is 3. The summed E-state index contributed by atoms with van der Waals surface area (Å²) in [5.74, 6) is -0.161. The third-order valence-electron chi connectivity index (χ3n) is 6.59. The highest BCUT2D eigenvalue weighted by molar-refractivity contribution is 6.01. The highest BCUT2D eigenvalue weighted by atomic mass is 16.6. The maximum Gasteiger partial charge on any atom is 0.410 e. The van der Waals surface area contributed by atoms with Crippen molar-refractivity contribution in [2.45, 2.75) is 62.5 Å². The SMILES string of the molecule is COC1(C[C@H]2CN(C(=O)OC(C)(C)C)[C@@H](CC3(OC)C=CC(=O)C=C3)CN2C)C=CC(=O)C=C1. The Bertz CT molecular complexity index is 894. The number of nitrogens with zero attached hydrogens (tertiary/aromatic N) is 2. The van der Waals surface area contributed by atoms with Crippen LogP contribution < -0.4 is 0 Å². The number of piperazine rings is 1. The second-order valence-corrected chi connectivity index (χ2v) is 10.2. The average molecular weight is 473 g/mol. The number of likely N-dealkylation sites (N-methyl/N-ethyl adjacent to an activating group) is 1. The van der Waals surface area contributed by atoms with Crippen LogP contribution in [0.1, 0.15) is 33.6 Å². The highest BCUT2D eigenvalue weighted by Gasteiger charge is 2.43. The average Bonchev–Trinajstić information content (AvgIpc) is 2.78. The van der Waals surface area contributed by atoms with Crippen molar-refractivity contribution in [3.63, 3.8) is 0 Å². The Hall–Kier alpha value is -2.55. The molecule has 0 bridgehead atoms. The molecule has 34 heavy (non-hydrogen) atoms. The third kappa shape index (κ3) is 6.11. The van der Waals surface area contributed by atoms with Crippen molar-refractivity contribution in [3.05, 3.63) is 48.6 Å². The van der Waals surface area contributed by atoms with Gasteiger partial charge in [-0.05, 0) is 76.4 Å². The smallest absolute Gasteiger partial charge is 0.410 e. The molecule has 186 valence electrons. The fourth-order valence-electron chi connectivity index (χ4n) is 4.60. The van der Waals surface area contributed by atoms with Gasteiger partial charge in [0.15, 0.2) is 11.6 Å². The molecule has 3 aliphatic rings. The summed E-state index contributed by atoms with van der Waals surface area (Å²) in [7, 11) is 5.24. The van der Waals surface area contributed by atoms with Gasteiger partial charge in [-0.1, -0.05) is 0 Å². The van der Waals surface area contributed by atoms with Gasteiger partial charge in [0.2, 0.25) is 0 Å². The molecule has 0 saturated carbocycles. The minimum Gasteiger partial charge on any atom is -0.444 e. The van der Waals surface area contributed by atoms with Crippen LogP contribution in [0.2, 0.25) is 0 Å². The van der Waals surface area contributed by atoms with E-state index in [1.165, 1.54) is 24.3 Å². The van der Waals surface area contributed by atoms with Gasteiger partial charge < -0.3 is 19.1 Å². The lowest BCUT2D eigenvalue weighted by Crippen LogP contribution is -2.62. The van der Waals surface area contributed by atoms with Crippen molar-refractivity contribution >= 4 is 17.7 Å². The topological polar surface area (TPSA) is 85.4 Å². The second-order valence-electron chi connectivity index (χ2n) is 10.2. The first-order chi connectivity index (χ1) is 15.9. The van der Waals surface area contributed by atoms with E-state index in [1.807, 2.05) is 27.8 Å². The van der Waals surface area contributed by atoms with Crippen LogP contribution in [-0.4, -0.2) is 90.7 Å². The molecule has 0 unspecified atom stereocenters. The lowest BCUT2D eigenvalue weighted by atomic mass is 9.85. The first kappa shape index (κ1) is 26.1.